The molecule has 0 atom stereocenters. The van der Waals surface area contributed by atoms with Crippen LogP contribution < -0.4 is 0 Å². The molecule has 0 unspecified atom stereocenters. The molecule has 1 N–H and O–H groups in total. The maximum absolute atomic E-state index is 11.8. The summed E-state index contributed by atoms with van der Waals surface area (Å²) in [5, 5.41) is 8.50. The highest BCUT2D eigenvalue weighted by Crippen LogP contribution is 2.10. The number of amides is 1. The molecule has 6 heteroatoms. The van der Waals surface area contributed by atoms with Crippen molar-refractivity contribution in [3.8, 4) is 0 Å². The van der Waals surface area contributed by atoms with Crippen LogP contribution in [0.15, 0.2) is 10.8 Å². The predicted octanol–water partition coefficient (Wildman–Crippen LogP) is 0.784. The number of hydrogen-bond acceptors (Lipinski definition) is 4. The van der Waals surface area contributed by atoms with E-state index < -0.39 is 5.97 Å². The largest absolute Gasteiger partial charge is 0.481 e. The summed E-state index contributed by atoms with van der Waals surface area (Å²) in [6, 6.07) is 0. The van der Waals surface area contributed by atoms with E-state index in [2.05, 4.69) is 4.98 Å². The number of carboxylic acid groups (broad SMARTS) is 1. The molecule has 1 aromatic rings. The van der Waals surface area contributed by atoms with Crippen molar-refractivity contribution in [1.29, 1.82) is 0 Å². The van der Waals surface area contributed by atoms with Gasteiger partial charge in [-0.15, -0.1) is 0 Å². The van der Waals surface area contributed by atoms with Crippen LogP contribution in [0.2, 0.25) is 0 Å². The van der Waals surface area contributed by atoms with Crippen molar-refractivity contribution in [2.24, 2.45) is 0 Å². The van der Waals surface area contributed by atoms with Gasteiger partial charge in [-0.1, -0.05) is 6.92 Å². The van der Waals surface area contributed by atoms with Crippen molar-refractivity contribution in [3.63, 3.8) is 0 Å². The second-order valence-electron chi connectivity index (χ2n) is 3.35. The third-order valence-corrected chi connectivity index (χ3v) is 2.17. The van der Waals surface area contributed by atoms with E-state index in [4.69, 9.17) is 9.52 Å². The topological polar surface area (TPSA) is 83.6 Å². The number of aliphatic carboxylic acids is 1. The standard InChI is InChI=1S/C10H14N2O4/c1-3-7-9(11-6-16-7)10(15)12(2)5-4-8(13)14/h6H,3-5H2,1-2H3,(H,13,14). The fraction of sp³-hybridized carbons (Fsp3) is 0.500. The molecule has 0 aromatic carbocycles. The van der Waals surface area contributed by atoms with Gasteiger partial charge in [0.2, 0.25) is 0 Å². The van der Waals surface area contributed by atoms with Crippen LogP contribution in [0.3, 0.4) is 0 Å². The molecule has 0 saturated carbocycles. The molecule has 16 heavy (non-hydrogen) atoms. The molecule has 0 saturated heterocycles. The number of rotatable bonds is 5. The molecule has 0 aliphatic heterocycles. The van der Waals surface area contributed by atoms with Gasteiger partial charge in [-0.05, 0) is 0 Å². The highest BCUT2D eigenvalue weighted by Gasteiger charge is 2.19. The molecule has 88 valence electrons. The number of carboxylic acids is 1. The number of aryl methyl sites for hydroxylation is 1. The zero-order valence-electron chi connectivity index (χ0n) is 9.27. The normalized spacial score (nSPS) is 10.1. The maximum atomic E-state index is 11.8. The third-order valence-electron chi connectivity index (χ3n) is 2.17. The quantitative estimate of drug-likeness (QED) is 0.802. The van der Waals surface area contributed by atoms with Crippen molar-refractivity contribution >= 4 is 11.9 Å². The van der Waals surface area contributed by atoms with Gasteiger partial charge >= 0.3 is 5.97 Å². The monoisotopic (exact) mass is 226 g/mol. The predicted molar refractivity (Wildman–Crippen MR) is 55.1 cm³/mol. The summed E-state index contributed by atoms with van der Waals surface area (Å²) in [4.78, 5) is 27.3. The summed E-state index contributed by atoms with van der Waals surface area (Å²) in [5.41, 5.74) is 0.260. The Labute approximate surface area is 92.9 Å². The van der Waals surface area contributed by atoms with Crippen molar-refractivity contribution in [3.05, 3.63) is 17.8 Å². The molecule has 0 spiro atoms. The first kappa shape index (κ1) is 12.2. The zero-order valence-corrected chi connectivity index (χ0v) is 9.27. The fourth-order valence-electron chi connectivity index (χ4n) is 1.24. The summed E-state index contributed by atoms with van der Waals surface area (Å²) in [7, 11) is 1.54. The average Bonchev–Trinajstić information content (AvgIpc) is 2.72. The second-order valence-corrected chi connectivity index (χ2v) is 3.35. The smallest absolute Gasteiger partial charge is 0.305 e. The lowest BCUT2D eigenvalue weighted by Gasteiger charge is -2.14. The third kappa shape index (κ3) is 2.82. The lowest BCUT2D eigenvalue weighted by Crippen LogP contribution is -2.29. The molecule has 0 aliphatic rings. The fourth-order valence-corrected chi connectivity index (χ4v) is 1.24. The van der Waals surface area contributed by atoms with E-state index in [1.807, 2.05) is 6.92 Å². The first-order chi connectivity index (χ1) is 7.56. The Balaban J connectivity index is 2.66. The Morgan fingerprint density at radius 2 is 2.25 bits per heavy atom. The lowest BCUT2D eigenvalue weighted by molar-refractivity contribution is -0.137. The van der Waals surface area contributed by atoms with Gasteiger partial charge in [0.15, 0.2) is 12.1 Å². The number of carbonyl (C=O) groups is 2. The van der Waals surface area contributed by atoms with Gasteiger partial charge in [0.1, 0.15) is 5.76 Å². The van der Waals surface area contributed by atoms with Gasteiger partial charge in [-0.3, -0.25) is 9.59 Å². The molecule has 0 radical (unpaired) electrons. The van der Waals surface area contributed by atoms with Crippen molar-refractivity contribution in [1.82, 2.24) is 9.88 Å². The first-order valence-corrected chi connectivity index (χ1v) is 4.95. The van der Waals surface area contributed by atoms with Crippen LogP contribution in [0.4, 0.5) is 0 Å². The number of aromatic nitrogens is 1. The molecule has 6 nitrogen and oxygen atoms in total. The van der Waals surface area contributed by atoms with Crippen molar-refractivity contribution in [2.75, 3.05) is 13.6 Å². The van der Waals surface area contributed by atoms with E-state index in [-0.39, 0.29) is 24.6 Å². The molecule has 0 fully saturated rings. The minimum Gasteiger partial charge on any atom is -0.481 e. The summed E-state index contributed by atoms with van der Waals surface area (Å²) in [5.74, 6) is -0.727. The summed E-state index contributed by atoms with van der Waals surface area (Å²) in [6.45, 7) is 2.01. The number of carbonyl (C=O) groups excluding carboxylic acids is 1. The number of hydrogen-bond donors (Lipinski definition) is 1. The van der Waals surface area contributed by atoms with Gasteiger partial charge in [0.05, 0.1) is 6.42 Å². The highest BCUT2D eigenvalue weighted by atomic mass is 16.4. The molecule has 0 aliphatic carbocycles. The molecular weight excluding hydrogens is 212 g/mol. The van der Waals surface area contributed by atoms with Crippen LogP contribution in [0.1, 0.15) is 29.6 Å². The first-order valence-electron chi connectivity index (χ1n) is 4.95. The van der Waals surface area contributed by atoms with Crippen molar-refractivity contribution < 1.29 is 19.1 Å². The molecule has 1 rings (SSSR count). The Morgan fingerprint density at radius 3 is 2.81 bits per heavy atom. The van der Waals surface area contributed by atoms with Gasteiger partial charge < -0.3 is 14.4 Å². The molecule has 1 amide bonds. The van der Waals surface area contributed by atoms with Crippen LogP contribution in [-0.4, -0.2) is 40.5 Å². The Morgan fingerprint density at radius 1 is 1.56 bits per heavy atom. The molecular formula is C10H14N2O4. The van der Waals surface area contributed by atoms with Crippen LogP contribution in [-0.2, 0) is 11.2 Å². The van der Waals surface area contributed by atoms with E-state index in [1.54, 1.807) is 7.05 Å². The minimum absolute atomic E-state index is 0.0818. The van der Waals surface area contributed by atoms with Crippen LogP contribution in [0.5, 0.6) is 0 Å². The molecule has 1 aromatic heterocycles. The number of nitrogens with zero attached hydrogens (tertiary/aromatic N) is 2. The van der Waals surface area contributed by atoms with Gasteiger partial charge in [0.25, 0.3) is 5.91 Å². The summed E-state index contributed by atoms with van der Waals surface area (Å²) >= 11 is 0. The molecule has 1 heterocycles. The number of oxazole rings is 1. The van der Waals surface area contributed by atoms with E-state index in [9.17, 15) is 9.59 Å². The zero-order chi connectivity index (χ0) is 12.1. The summed E-state index contributed by atoms with van der Waals surface area (Å²) < 4.78 is 5.04. The van der Waals surface area contributed by atoms with Gasteiger partial charge in [0, 0.05) is 20.0 Å². The van der Waals surface area contributed by atoms with Gasteiger partial charge in [-0.25, -0.2) is 4.98 Å². The van der Waals surface area contributed by atoms with Crippen LogP contribution >= 0.6 is 0 Å². The van der Waals surface area contributed by atoms with E-state index in [0.29, 0.717) is 12.2 Å². The summed E-state index contributed by atoms with van der Waals surface area (Å²) in [6.07, 6.45) is 1.71. The Bertz CT molecular complexity index is 386. The van der Waals surface area contributed by atoms with E-state index in [1.165, 1.54) is 11.3 Å². The lowest BCUT2D eigenvalue weighted by atomic mass is 10.2. The second kappa shape index (κ2) is 5.29. The van der Waals surface area contributed by atoms with E-state index >= 15 is 0 Å². The molecule has 0 bridgehead atoms. The Hall–Kier alpha value is -1.85. The minimum atomic E-state index is -0.935. The van der Waals surface area contributed by atoms with Crippen molar-refractivity contribution in [2.45, 2.75) is 19.8 Å². The Kier molecular flexibility index (Phi) is 4.04. The maximum Gasteiger partial charge on any atom is 0.305 e. The van der Waals surface area contributed by atoms with Gasteiger partial charge in [-0.2, -0.15) is 0 Å². The van der Waals surface area contributed by atoms with Crippen LogP contribution in [0.25, 0.3) is 0 Å². The SMILES string of the molecule is CCc1ocnc1C(=O)N(C)CCC(=O)O. The van der Waals surface area contributed by atoms with E-state index in [0.717, 1.165) is 0 Å². The highest BCUT2D eigenvalue weighted by molar-refractivity contribution is 5.93. The average molecular weight is 226 g/mol. The van der Waals surface area contributed by atoms with Crippen LogP contribution in [0, 0.1) is 0 Å².